The van der Waals surface area contributed by atoms with Crippen molar-refractivity contribution in [3.05, 3.63) is 59.2 Å². The Balaban J connectivity index is 2.02. The van der Waals surface area contributed by atoms with Crippen LogP contribution >= 0.6 is 0 Å². The average molecular weight is 391 g/mol. The van der Waals surface area contributed by atoms with Gasteiger partial charge < -0.3 is 10.5 Å². The molecule has 0 amide bonds. The number of hydrogen-bond donors (Lipinski definition) is 1. The fourth-order valence-electron chi connectivity index (χ4n) is 2.91. The molecule has 0 aliphatic rings. The maximum Gasteiger partial charge on any atom is 0.435 e. The van der Waals surface area contributed by atoms with E-state index in [-0.39, 0.29) is 17.8 Å². The second-order valence-electron chi connectivity index (χ2n) is 7.46. The molecular formula is C20H20F3N3O2. The summed E-state index contributed by atoms with van der Waals surface area (Å²) in [4.78, 5) is 12.4. The molecule has 0 aliphatic heterocycles. The fourth-order valence-corrected chi connectivity index (χ4v) is 2.91. The van der Waals surface area contributed by atoms with Crippen molar-refractivity contribution in [1.82, 2.24) is 9.78 Å². The quantitative estimate of drug-likeness (QED) is 0.667. The first-order valence-corrected chi connectivity index (χ1v) is 8.61. The van der Waals surface area contributed by atoms with E-state index < -0.39 is 23.4 Å². The van der Waals surface area contributed by atoms with Gasteiger partial charge in [0.05, 0.1) is 11.1 Å². The number of carbonyl (C=O) groups is 1. The van der Waals surface area contributed by atoms with Gasteiger partial charge in [0.15, 0.2) is 5.82 Å². The number of anilines is 1. The van der Waals surface area contributed by atoms with Crippen LogP contribution in [-0.2, 0) is 17.3 Å². The monoisotopic (exact) mass is 391 g/mol. The highest BCUT2D eigenvalue weighted by Crippen LogP contribution is 2.33. The fraction of sp³-hybridized carbons (Fsp3) is 0.300. The number of nitrogens with zero attached hydrogens (tertiary/aromatic N) is 2. The number of fused-ring (bicyclic) bond motifs is 1. The second kappa shape index (κ2) is 6.85. The van der Waals surface area contributed by atoms with Gasteiger partial charge in [0.25, 0.3) is 0 Å². The molecule has 0 unspecified atom stereocenters. The van der Waals surface area contributed by atoms with Gasteiger partial charge in [-0.2, -0.15) is 17.9 Å². The first-order valence-electron chi connectivity index (χ1n) is 8.61. The van der Waals surface area contributed by atoms with E-state index >= 15 is 0 Å². The van der Waals surface area contributed by atoms with Gasteiger partial charge in [-0.3, -0.25) is 0 Å². The van der Waals surface area contributed by atoms with Crippen LogP contribution in [0.3, 0.4) is 0 Å². The predicted molar refractivity (Wildman–Crippen MR) is 100 cm³/mol. The smallest absolute Gasteiger partial charge is 0.435 e. The Morgan fingerprint density at radius 2 is 1.82 bits per heavy atom. The lowest BCUT2D eigenvalue weighted by Crippen LogP contribution is -2.27. The van der Waals surface area contributed by atoms with Crippen LogP contribution in [0.2, 0.25) is 0 Å². The van der Waals surface area contributed by atoms with Crippen molar-refractivity contribution in [2.75, 3.05) is 5.73 Å². The minimum atomic E-state index is -4.44. The summed E-state index contributed by atoms with van der Waals surface area (Å²) in [5, 5.41) is 4.55. The third kappa shape index (κ3) is 4.11. The van der Waals surface area contributed by atoms with Crippen LogP contribution in [0.15, 0.2) is 42.5 Å². The molecule has 0 bridgehead atoms. The van der Waals surface area contributed by atoms with Crippen LogP contribution in [0.1, 0.15) is 37.5 Å². The standard InChI is InChI=1S/C20H20F3N3O2/c1-19(2,3)28-18(27)26-16-11-12(8-9-14(16)17(24)25-26)10-13-6-4-5-7-15(13)20(21,22)23/h4-9,11H,10H2,1-3H3,(H2,24,25). The van der Waals surface area contributed by atoms with E-state index in [4.69, 9.17) is 10.5 Å². The molecule has 0 radical (unpaired) electrons. The van der Waals surface area contributed by atoms with Gasteiger partial charge in [0, 0.05) is 5.39 Å². The molecule has 1 aromatic heterocycles. The highest BCUT2D eigenvalue weighted by molar-refractivity contribution is 5.95. The Labute approximate surface area is 159 Å². The molecule has 0 saturated carbocycles. The maximum absolute atomic E-state index is 13.2. The molecule has 0 fully saturated rings. The largest absolute Gasteiger partial charge is 0.442 e. The number of aromatic nitrogens is 2. The van der Waals surface area contributed by atoms with Gasteiger partial charge in [0.2, 0.25) is 0 Å². The van der Waals surface area contributed by atoms with E-state index in [0.717, 1.165) is 10.7 Å². The van der Waals surface area contributed by atoms with E-state index in [1.54, 1.807) is 45.0 Å². The molecule has 0 spiro atoms. The number of nitrogens with two attached hydrogens (primary N) is 1. The summed E-state index contributed by atoms with van der Waals surface area (Å²) in [6.45, 7) is 5.17. The van der Waals surface area contributed by atoms with Crippen LogP contribution < -0.4 is 5.73 Å². The second-order valence-corrected chi connectivity index (χ2v) is 7.46. The van der Waals surface area contributed by atoms with Crippen molar-refractivity contribution in [3.8, 4) is 0 Å². The summed E-state index contributed by atoms with van der Waals surface area (Å²) in [5.74, 6) is 0.142. The first-order chi connectivity index (χ1) is 13.0. The highest BCUT2D eigenvalue weighted by atomic mass is 19.4. The van der Waals surface area contributed by atoms with E-state index in [1.807, 2.05) is 0 Å². The Morgan fingerprint density at radius 1 is 1.14 bits per heavy atom. The number of alkyl halides is 3. The molecule has 8 heteroatoms. The number of benzene rings is 2. The van der Waals surface area contributed by atoms with Crippen molar-refractivity contribution < 1.29 is 22.7 Å². The summed E-state index contributed by atoms with van der Waals surface area (Å²) in [7, 11) is 0. The molecule has 2 aromatic carbocycles. The number of hydrogen-bond acceptors (Lipinski definition) is 4. The minimum Gasteiger partial charge on any atom is -0.442 e. The maximum atomic E-state index is 13.2. The van der Waals surface area contributed by atoms with E-state index in [2.05, 4.69) is 5.10 Å². The predicted octanol–water partition coefficient (Wildman–Crippen LogP) is 5.01. The zero-order valence-corrected chi connectivity index (χ0v) is 15.7. The lowest BCUT2D eigenvalue weighted by atomic mass is 9.99. The van der Waals surface area contributed by atoms with Crippen molar-refractivity contribution >= 4 is 22.8 Å². The summed E-state index contributed by atoms with van der Waals surface area (Å²) < 4.78 is 46.1. The van der Waals surface area contributed by atoms with Crippen LogP contribution in [-0.4, -0.2) is 21.5 Å². The molecule has 0 atom stereocenters. The molecule has 2 N–H and O–H groups in total. The van der Waals surface area contributed by atoms with Crippen LogP contribution in [0.4, 0.5) is 23.8 Å². The van der Waals surface area contributed by atoms with E-state index in [1.165, 1.54) is 12.1 Å². The van der Waals surface area contributed by atoms with Crippen molar-refractivity contribution in [3.63, 3.8) is 0 Å². The van der Waals surface area contributed by atoms with Gasteiger partial charge >= 0.3 is 12.3 Å². The van der Waals surface area contributed by atoms with Crippen molar-refractivity contribution in [1.29, 1.82) is 0 Å². The molecule has 1 heterocycles. The first kappa shape index (κ1) is 19.7. The van der Waals surface area contributed by atoms with Crippen LogP contribution in [0.5, 0.6) is 0 Å². The van der Waals surface area contributed by atoms with Crippen LogP contribution in [0, 0.1) is 0 Å². The van der Waals surface area contributed by atoms with Crippen molar-refractivity contribution in [2.24, 2.45) is 0 Å². The Kier molecular flexibility index (Phi) is 4.82. The van der Waals surface area contributed by atoms with Gasteiger partial charge in [-0.1, -0.05) is 24.3 Å². The minimum absolute atomic E-state index is 0.0467. The summed E-state index contributed by atoms with van der Waals surface area (Å²) in [6, 6.07) is 10.3. The molecule has 5 nitrogen and oxygen atoms in total. The van der Waals surface area contributed by atoms with Gasteiger partial charge in [-0.05, 0) is 56.5 Å². The van der Waals surface area contributed by atoms with E-state index in [0.29, 0.717) is 16.5 Å². The third-order valence-electron chi connectivity index (χ3n) is 4.06. The lowest BCUT2D eigenvalue weighted by molar-refractivity contribution is -0.138. The molecule has 0 aliphatic carbocycles. The Morgan fingerprint density at radius 3 is 2.46 bits per heavy atom. The SMILES string of the molecule is CC(C)(C)OC(=O)n1nc(N)c2ccc(Cc3ccccc3C(F)(F)F)cc21. The number of rotatable bonds is 2. The number of ether oxygens (including phenoxy) is 1. The highest BCUT2D eigenvalue weighted by Gasteiger charge is 2.32. The van der Waals surface area contributed by atoms with Crippen LogP contribution in [0.25, 0.3) is 10.9 Å². The average Bonchev–Trinajstić information content (AvgIpc) is 2.89. The zero-order valence-electron chi connectivity index (χ0n) is 15.7. The number of halogens is 3. The molecule has 3 aromatic rings. The third-order valence-corrected chi connectivity index (χ3v) is 4.06. The summed E-state index contributed by atoms with van der Waals surface area (Å²) in [5.41, 5.74) is 5.58. The Hall–Kier alpha value is -3.03. The molecule has 3 rings (SSSR count). The topological polar surface area (TPSA) is 70.1 Å². The lowest BCUT2D eigenvalue weighted by Gasteiger charge is -2.19. The zero-order chi connectivity index (χ0) is 20.7. The molecular weight excluding hydrogens is 371 g/mol. The molecule has 28 heavy (non-hydrogen) atoms. The number of carbonyl (C=O) groups excluding carboxylic acids is 1. The van der Waals surface area contributed by atoms with E-state index in [9.17, 15) is 18.0 Å². The van der Waals surface area contributed by atoms with Crippen molar-refractivity contribution in [2.45, 2.75) is 39.0 Å². The molecule has 0 saturated heterocycles. The van der Waals surface area contributed by atoms with Gasteiger partial charge in [0.1, 0.15) is 5.60 Å². The summed E-state index contributed by atoms with van der Waals surface area (Å²) >= 11 is 0. The normalized spacial score (nSPS) is 12.4. The molecule has 148 valence electrons. The Bertz CT molecular complexity index is 1030. The van der Waals surface area contributed by atoms with Gasteiger partial charge in [-0.15, -0.1) is 5.10 Å². The van der Waals surface area contributed by atoms with Gasteiger partial charge in [-0.25, -0.2) is 4.79 Å². The summed E-state index contributed by atoms with van der Waals surface area (Å²) in [6.07, 6.45) is -5.10. The number of nitrogen functional groups attached to an aromatic ring is 1.